The van der Waals surface area contributed by atoms with Crippen LogP contribution in [0.5, 0.6) is 5.75 Å². The molecule has 3 aromatic rings. The maximum atomic E-state index is 12.0. The van der Waals surface area contributed by atoms with Gasteiger partial charge in [-0.3, -0.25) is 4.79 Å². The highest BCUT2D eigenvalue weighted by molar-refractivity contribution is 5.96. The summed E-state index contributed by atoms with van der Waals surface area (Å²) in [5, 5.41) is 15.9. The third-order valence-electron chi connectivity index (χ3n) is 3.58. The molecule has 0 heterocycles. The van der Waals surface area contributed by atoms with Crippen LogP contribution in [0.25, 0.3) is 10.8 Å². The molecule has 0 aliphatic carbocycles. The van der Waals surface area contributed by atoms with Gasteiger partial charge in [-0.1, -0.05) is 42.0 Å². The summed E-state index contributed by atoms with van der Waals surface area (Å²) in [4.78, 5) is 12.0. The molecule has 1 amide bonds. The normalized spacial score (nSPS) is 11.0. The van der Waals surface area contributed by atoms with Gasteiger partial charge in [-0.25, -0.2) is 5.43 Å². The Labute approximate surface area is 134 Å². The van der Waals surface area contributed by atoms with Crippen molar-refractivity contribution in [2.24, 2.45) is 5.10 Å². The van der Waals surface area contributed by atoms with Crippen molar-refractivity contribution in [3.63, 3.8) is 0 Å². The molecule has 0 fully saturated rings. The van der Waals surface area contributed by atoms with Crippen LogP contribution >= 0.6 is 0 Å². The molecule has 0 bridgehead atoms. The fourth-order valence-corrected chi connectivity index (χ4v) is 2.28. The second-order valence-electron chi connectivity index (χ2n) is 5.32. The SMILES string of the molecule is Cc1ccc(C(=O)N/N=C\c2cc3ccccc3cc2O)cc1. The van der Waals surface area contributed by atoms with E-state index >= 15 is 0 Å². The predicted octanol–water partition coefficient (Wildman–Crippen LogP) is 3.62. The first-order valence-corrected chi connectivity index (χ1v) is 7.25. The molecule has 0 aromatic heterocycles. The van der Waals surface area contributed by atoms with E-state index in [0.717, 1.165) is 16.3 Å². The first kappa shape index (κ1) is 14.8. The first-order valence-electron chi connectivity index (χ1n) is 7.25. The number of fused-ring (bicyclic) bond motifs is 1. The van der Waals surface area contributed by atoms with Gasteiger partial charge in [-0.05, 0) is 42.0 Å². The molecule has 4 heteroatoms. The van der Waals surface area contributed by atoms with Crippen LogP contribution in [0.3, 0.4) is 0 Å². The van der Waals surface area contributed by atoms with Gasteiger partial charge in [0.05, 0.1) is 6.21 Å². The molecule has 0 aliphatic heterocycles. The summed E-state index contributed by atoms with van der Waals surface area (Å²) < 4.78 is 0. The van der Waals surface area contributed by atoms with Crippen LogP contribution in [-0.4, -0.2) is 17.2 Å². The Hall–Kier alpha value is -3.14. The topological polar surface area (TPSA) is 61.7 Å². The number of benzene rings is 3. The van der Waals surface area contributed by atoms with Crippen molar-refractivity contribution < 1.29 is 9.90 Å². The van der Waals surface area contributed by atoms with Gasteiger partial charge >= 0.3 is 0 Å². The van der Waals surface area contributed by atoms with Crippen LogP contribution in [0.15, 0.2) is 65.8 Å². The molecule has 3 rings (SSSR count). The van der Waals surface area contributed by atoms with E-state index in [1.165, 1.54) is 6.21 Å². The lowest BCUT2D eigenvalue weighted by molar-refractivity contribution is 0.0955. The quantitative estimate of drug-likeness (QED) is 0.573. The molecular formula is C19H16N2O2. The number of hydrogen-bond donors (Lipinski definition) is 2. The van der Waals surface area contributed by atoms with Gasteiger partial charge in [-0.15, -0.1) is 0 Å². The minimum Gasteiger partial charge on any atom is -0.507 e. The Morgan fingerprint density at radius 2 is 1.70 bits per heavy atom. The number of hydrazone groups is 1. The van der Waals surface area contributed by atoms with Crippen LogP contribution in [0.1, 0.15) is 21.5 Å². The van der Waals surface area contributed by atoms with Crippen molar-refractivity contribution in [2.75, 3.05) is 0 Å². The van der Waals surface area contributed by atoms with Crippen molar-refractivity contribution in [2.45, 2.75) is 6.92 Å². The van der Waals surface area contributed by atoms with Crippen molar-refractivity contribution in [1.82, 2.24) is 5.43 Å². The number of carbonyl (C=O) groups excluding carboxylic acids is 1. The summed E-state index contributed by atoms with van der Waals surface area (Å²) in [5.74, 6) is -0.168. The van der Waals surface area contributed by atoms with E-state index < -0.39 is 0 Å². The first-order chi connectivity index (χ1) is 11.1. The Balaban J connectivity index is 1.76. The zero-order valence-corrected chi connectivity index (χ0v) is 12.7. The van der Waals surface area contributed by atoms with Gasteiger partial charge in [0.2, 0.25) is 0 Å². The summed E-state index contributed by atoms with van der Waals surface area (Å²) in [6, 6.07) is 18.5. The molecule has 3 aromatic carbocycles. The second-order valence-corrected chi connectivity index (χ2v) is 5.32. The number of nitrogens with one attached hydrogen (secondary N) is 1. The fourth-order valence-electron chi connectivity index (χ4n) is 2.28. The summed E-state index contributed by atoms with van der Waals surface area (Å²) in [7, 11) is 0. The average Bonchev–Trinajstić information content (AvgIpc) is 2.56. The largest absolute Gasteiger partial charge is 0.507 e. The van der Waals surface area contributed by atoms with Crippen LogP contribution in [0, 0.1) is 6.92 Å². The molecule has 0 spiro atoms. The van der Waals surface area contributed by atoms with E-state index in [4.69, 9.17) is 0 Å². The predicted molar refractivity (Wildman–Crippen MR) is 91.9 cm³/mol. The van der Waals surface area contributed by atoms with Gasteiger partial charge in [-0.2, -0.15) is 5.10 Å². The third-order valence-corrected chi connectivity index (χ3v) is 3.58. The zero-order chi connectivity index (χ0) is 16.2. The van der Waals surface area contributed by atoms with Crippen LogP contribution in [0.4, 0.5) is 0 Å². The number of hydrogen-bond acceptors (Lipinski definition) is 3. The minimum absolute atomic E-state index is 0.122. The van der Waals surface area contributed by atoms with E-state index in [1.54, 1.807) is 18.2 Å². The lowest BCUT2D eigenvalue weighted by atomic mass is 10.1. The van der Waals surface area contributed by atoms with E-state index in [9.17, 15) is 9.90 Å². The molecule has 4 nitrogen and oxygen atoms in total. The van der Waals surface area contributed by atoms with Gasteiger partial charge < -0.3 is 5.11 Å². The molecule has 0 aliphatic rings. The van der Waals surface area contributed by atoms with Crippen molar-refractivity contribution in [3.05, 3.63) is 77.4 Å². The Kier molecular flexibility index (Phi) is 4.06. The standard InChI is InChI=1S/C19H16N2O2/c1-13-6-8-14(9-7-13)19(23)21-20-12-17-10-15-4-2-3-5-16(15)11-18(17)22/h2-12,22H,1H3,(H,21,23)/b20-12-. The average molecular weight is 304 g/mol. The zero-order valence-electron chi connectivity index (χ0n) is 12.7. The van der Waals surface area contributed by atoms with E-state index in [1.807, 2.05) is 49.4 Å². The Morgan fingerprint density at radius 3 is 2.39 bits per heavy atom. The number of phenols is 1. The van der Waals surface area contributed by atoms with Gasteiger partial charge in [0, 0.05) is 11.1 Å². The summed E-state index contributed by atoms with van der Waals surface area (Å²) >= 11 is 0. The smallest absolute Gasteiger partial charge is 0.271 e. The molecule has 0 unspecified atom stereocenters. The molecule has 0 radical (unpaired) electrons. The lowest BCUT2D eigenvalue weighted by Gasteiger charge is -2.03. The number of carbonyl (C=O) groups is 1. The van der Waals surface area contributed by atoms with Gasteiger partial charge in [0.1, 0.15) is 5.75 Å². The highest BCUT2D eigenvalue weighted by atomic mass is 16.3. The van der Waals surface area contributed by atoms with E-state index in [2.05, 4.69) is 10.5 Å². The van der Waals surface area contributed by atoms with Crippen LogP contribution in [-0.2, 0) is 0 Å². The highest BCUT2D eigenvalue weighted by Crippen LogP contribution is 2.23. The Bertz CT molecular complexity index is 884. The molecule has 0 atom stereocenters. The number of aryl methyl sites for hydroxylation is 1. The summed E-state index contributed by atoms with van der Waals surface area (Å²) in [5.41, 5.74) is 4.64. The van der Waals surface area contributed by atoms with Crippen molar-refractivity contribution in [3.8, 4) is 5.75 Å². The maximum absolute atomic E-state index is 12.0. The molecule has 114 valence electrons. The van der Waals surface area contributed by atoms with Crippen LogP contribution < -0.4 is 5.43 Å². The summed E-state index contributed by atoms with van der Waals surface area (Å²) in [6.07, 6.45) is 1.44. The van der Waals surface area contributed by atoms with Crippen LogP contribution in [0.2, 0.25) is 0 Å². The number of aromatic hydroxyl groups is 1. The third kappa shape index (κ3) is 3.37. The van der Waals surface area contributed by atoms with E-state index in [-0.39, 0.29) is 11.7 Å². The van der Waals surface area contributed by atoms with Gasteiger partial charge in [0.15, 0.2) is 0 Å². The monoisotopic (exact) mass is 304 g/mol. The molecular weight excluding hydrogens is 288 g/mol. The molecule has 0 saturated carbocycles. The second kappa shape index (κ2) is 6.32. The minimum atomic E-state index is -0.290. The van der Waals surface area contributed by atoms with Crippen molar-refractivity contribution >= 4 is 22.9 Å². The maximum Gasteiger partial charge on any atom is 0.271 e. The molecule has 2 N–H and O–H groups in total. The number of nitrogens with zero attached hydrogens (tertiary/aromatic N) is 1. The molecule has 23 heavy (non-hydrogen) atoms. The Morgan fingerprint density at radius 1 is 1.04 bits per heavy atom. The summed E-state index contributed by atoms with van der Waals surface area (Å²) in [6.45, 7) is 1.96. The number of amides is 1. The fraction of sp³-hybridized carbons (Fsp3) is 0.0526. The van der Waals surface area contributed by atoms with Gasteiger partial charge in [0.25, 0.3) is 5.91 Å². The molecule has 0 saturated heterocycles. The van der Waals surface area contributed by atoms with Crippen molar-refractivity contribution in [1.29, 1.82) is 0 Å². The highest BCUT2D eigenvalue weighted by Gasteiger charge is 2.04. The number of phenolic OH excluding ortho intramolecular Hbond substituents is 1. The van der Waals surface area contributed by atoms with E-state index in [0.29, 0.717) is 11.1 Å². The number of rotatable bonds is 3. The lowest BCUT2D eigenvalue weighted by Crippen LogP contribution is -2.17.